The van der Waals surface area contributed by atoms with Gasteiger partial charge in [-0.15, -0.1) is 0 Å². The highest BCUT2D eigenvalue weighted by atomic mass is 32.1. The number of fused-ring (bicyclic) bond motifs is 1. The van der Waals surface area contributed by atoms with Crippen molar-refractivity contribution in [3.8, 4) is 16.9 Å². The van der Waals surface area contributed by atoms with Gasteiger partial charge in [0.05, 0.1) is 11.6 Å². The molecule has 42 heavy (non-hydrogen) atoms. The Kier molecular flexibility index (Phi) is 7.50. The van der Waals surface area contributed by atoms with Crippen molar-refractivity contribution in [1.29, 1.82) is 0 Å². The number of aryl methyl sites for hydroxylation is 2. The second-order valence-corrected chi connectivity index (χ2v) is 12.0. The number of carbonyl (C=O) groups excluding carboxylic acids is 1. The summed E-state index contributed by atoms with van der Waals surface area (Å²) in [5.74, 6) is -0.608. The average Bonchev–Trinajstić information content (AvgIpc) is 3.33. The molecule has 4 aromatic heterocycles. The number of halogens is 1. The first kappa shape index (κ1) is 28.8. The van der Waals surface area contributed by atoms with E-state index in [2.05, 4.69) is 19.8 Å². The number of hydrogen-bond acceptors (Lipinski definition) is 9. The normalized spacial score (nSPS) is 11.6. The van der Waals surface area contributed by atoms with Gasteiger partial charge in [0.2, 0.25) is 0 Å². The lowest BCUT2D eigenvalue weighted by atomic mass is 9.86. The Morgan fingerprint density at radius 2 is 1.90 bits per heavy atom. The van der Waals surface area contributed by atoms with Crippen molar-refractivity contribution in [2.24, 2.45) is 7.05 Å². The number of ether oxygens (including phenoxy) is 1. The monoisotopic (exact) mass is 588 g/mol. The number of nitrogens with one attached hydrogen (secondary N) is 1. The Bertz CT molecular complexity index is 1970. The summed E-state index contributed by atoms with van der Waals surface area (Å²) in [5, 5.41) is 7.63. The topological polar surface area (TPSA) is 121 Å². The van der Waals surface area contributed by atoms with E-state index in [1.165, 1.54) is 41.5 Å². The van der Waals surface area contributed by atoms with E-state index in [-0.39, 0.29) is 34.5 Å². The number of anilines is 2. The van der Waals surface area contributed by atoms with Crippen molar-refractivity contribution in [1.82, 2.24) is 23.7 Å². The van der Waals surface area contributed by atoms with Gasteiger partial charge in [-0.1, -0.05) is 20.8 Å². The summed E-state index contributed by atoms with van der Waals surface area (Å²) in [7, 11) is 1.61. The van der Waals surface area contributed by atoms with E-state index in [0.29, 0.717) is 27.9 Å². The van der Waals surface area contributed by atoms with E-state index in [4.69, 9.17) is 4.74 Å². The molecule has 0 unspecified atom stereocenters. The van der Waals surface area contributed by atoms with Crippen LogP contribution in [-0.4, -0.2) is 29.7 Å². The molecule has 0 aliphatic rings. The summed E-state index contributed by atoms with van der Waals surface area (Å²) < 4.78 is 27.4. The van der Waals surface area contributed by atoms with Crippen molar-refractivity contribution in [3.63, 3.8) is 0 Å². The first-order chi connectivity index (χ1) is 19.8. The highest BCUT2D eigenvalue weighted by Crippen LogP contribution is 2.30. The first-order valence-electron chi connectivity index (χ1n) is 13.1. The van der Waals surface area contributed by atoms with Crippen LogP contribution >= 0.6 is 11.5 Å². The summed E-state index contributed by atoms with van der Waals surface area (Å²) in [5.41, 5.74) is 1.14. The molecule has 216 valence electrons. The number of pyridine rings is 2. The lowest BCUT2D eigenvalue weighted by Crippen LogP contribution is -2.25. The summed E-state index contributed by atoms with van der Waals surface area (Å²) in [6.45, 7) is 8.80. The number of rotatable bonds is 6. The zero-order valence-electron chi connectivity index (χ0n) is 24.0. The van der Waals surface area contributed by atoms with E-state index >= 15 is 4.39 Å². The Hall–Kier alpha value is -4.71. The third-order valence-electron chi connectivity index (χ3n) is 6.74. The Morgan fingerprint density at radius 1 is 1.14 bits per heavy atom. The Balaban J connectivity index is 1.70. The van der Waals surface area contributed by atoms with Crippen LogP contribution < -0.4 is 16.4 Å². The third-order valence-corrected chi connectivity index (χ3v) is 7.44. The van der Waals surface area contributed by atoms with E-state index < -0.39 is 17.3 Å². The molecule has 12 heteroatoms. The van der Waals surface area contributed by atoms with Crippen molar-refractivity contribution in [3.05, 3.63) is 91.5 Å². The van der Waals surface area contributed by atoms with Crippen molar-refractivity contribution in [2.45, 2.75) is 46.6 Å². The van der Waals surface area contributed by atoms with Crippen LogP contribution in [0, 0.1) is 12.7 Å². The molecule has 10 nitrogen and oxygen atoms in total. The van der Waals surface area contributed by atoms with Gasteiger partial charge >= 0.3 is 5.97 Å². The number of esters is 1. The number of aromatic nitrogens is 5. The fourth-order valence-electron chi connectivity index (χ4n) is 4.58. The van der Waals surface area contributed by atoms with Gasteiger partial charge in [0.25, 0.3) is 11.1 Å². The molecule has 0 aliphatic heterocycles. The fraction of sp³-hybridized carbons (Fsp3) is 0.267. The molecule has 0 aliphatic carbocycles. The molecule has 0 fully saturated rings. The molecule has 5 aromatic rings. The Morgan fingerprint density at radius 3 is 2.57 bits per heavy atom. The minimum atomic E-state index is -0.707. The first-order valence-corrected chi connectivity index (χ1v) is 13.9. The van der Waals surface area contributed by atoms with Gasteiger partial charge in [-0.2, -0.15) is 14.2 Å². The third kappa shape index (κ3) is 5.57. The zero-order valence-corrected chi connectivity index (χ0v) is 24.8. The molecule has 5 rings (SSSR count). The largest absolute Gasteiger partial charge is 0.461 e. The predicted molar refractivity (Wildman–Crippen MR) is 160 cm³/mol. The molecule has 0 amide bonds. The maximum Gasteiger partial charge on any atom is 0.302 e. The van der Waals surface area contributed by atoms with Crippen LogP contribution in [0.4, 0.5) is 15.9 Å². The highest BCUT2D eigenvalue weighted by molar-refractivity contribution is 7.06. The van der Waals surface area contributed by atoms with Crippen LogP contribution in [0.2, 0.25) is 0 Å². The summed E-state index contributed by atoms with van der Waals surface area (Å²) in [4.78, 5) is 43.8. The van der Waals surface area contributed by atoms with Gasteiger partial charge in [-0.25, -0.2) is 9.37 Å². The highest BCUT2D eigenvalue weighted by Gasteiger charge is 2.22. The van der Waals surface area contributed by atoms with Gasteiger partial charge in [0, 0.05) is 47.8 Å². The lowest BCUT2D eigenvalue weighted by Gasteiger charge is -2.20. The minimum Gasteiger partial charge on any atom is -0.461 e. The standard InChI is InChI=1S/C30H29FN6O4S/c1-16-9-25(35-42-16)34-24-11-19(14-36(6)28(24)39)21-7-8-32-27(22(21)15-41-17(2)38)37-29(40)26-18(13-33-37)10-20(12-23(26)31)30(3,4)5/h7-14H,15H2,1-6H3,(H,34,35). The second-order valence-electron chi connectivity index (χ2n) is 11.0. The van der Waals surface area contributed by atoms with E-state index in [1.54, 1.807) is 31.4 Å². The fourth-order valence-corrected chi connectivity index (χ4v) is 5.08. The van der Waals surface area contributed by atoms with Gasteiger partial charge in [0.1, 0.15) is 23.9 Å². The number of benzene rings is 1. The van der Waals surface area contributed by atoms with Crippen LogP contribution in [0.5, 0.6) is 0 Å². The van der Waals surface area contributed by atoms with E-state index in [0.717, 1.165) is 15.1 Å². The number of nitrogens with zero attached hydrogens (tertiary/aromatic N) is 5. The molecule has 0 atom stereocenters. The van der Waals surface area contributed by atoms with E-state index in [1.807, 2.05) is 33.8 Å². The average molecular weight is 589 g/mol. The Labute approximate surface area is 244 Å². The maximum absolute atomic E-state index is 15.4. The van der Waals surface area contributed by atoms with Gasteiger partial charge in [-0.3, -0.25) is 14.4 Å². The lowest BCUT2D eigenvalue weighted by molar-refractivity contribution is -0.142. The molecule has 0 saturated carbocycles. The number of hydrogen-bond donors (Lipinski definition) is 1. The SMILES string of the molecule is CC(=O)OCc1c(-c2cc(Nc3cc(C)sn3)c(=O)n(C)c2)ccnc1-n1ncc2cc(C(C)(C)C)cc(F)c2c1=O. The van der Waals surface area contributed by atoms with Crippen LogP contribution in [-0.2, 0) is 28.6 Å². The smallest absolute Gasteiger partial charge is 0.302 e. The van der Waals surface area contributed by atoms with Crippen molar-refractivity contribution in [2.75, 3.05) is 5.32 Å². The summed E-state index contributed by atoms with van der Waals surface area (Å²) >= 11 is 1.31. The van der Waals surface area contributed by atoms with E-state index in [9.17, 15) is 14.4 Å². The van der Waals surface area contributed by atoms with Crippen molar-refractivity contribution >= 4 is 39.8 Å². The minimum absolute atomic E-state index is 0.0680. The van der Waals surface area contributed by atoms with Gasteiger partial charge in [-0.05, 0) is 65.3 Å². The molecule has 0 saturated heterocycles. The molecule has 0 bridgehead atoms. The zero-order chi connectivity index (χ0) is 30.3. The molecular weight excluding hydrogens is 559 g/mol. The van der Waals surface area contributed by atoms with Crippen LogP contribution in [0.15, 0.2) is 58.5 Å². The van der Waals surface area contributed by atoms with Crippen LogP contribution in [0.3, 0.4) is 0 Å². The second kappa shape index (κ2) is 10.9. The molecule has 0 spiro atoms. The van der Waals surface area contributed by atoms with Crippen molar-refractivity contribution < 1.29 is 13.9 Å². The molecule has 1 N–H and O–H groups in total. The predicted octanol–water partition coefficient (Wildman–Crippen LogP) is 5.15. The van der Waals surface area contributed by atoms with Gasteiger partial charge in [0.15, 0.2) is 5.82 Å². The van der Waals surface area contributed by atoms with Crippen LogP contribution in [0.25, 0.3) is 27.7 Å². The maximum atomic E-state index is 15.4. The number of carbonyl (C=O) groups is 1. The molecule has 1 aromatic carbocycles. The summed E-state index contributed by atoms with van der Waals surface area (Å²) in [6, 6.07) is 8.28. The quantitative estimate of drug-likeness (QED) is 0.270. The van der Waals surface area contributed by atoms with Gasteiger partial charge < -0.3 is 14.6 Å². The molecule has 0 radical (unpaired) electrons. The van der Waals surface area contributed by atoms with Crippen LogP contribution in [0.1, 0.15) is 43.7 Å². The molecule has 4 heterocycles. The summed E-state index contributed by atoms with van der Waals surface area (Å²) in [6.07, 6.45) is 4.52. The molecular formula is C30H29FN6O4S.